The molecule has 35 nitrogen and oxygen atoms in total. The van der Waals surface area contributed by atoms with Gasteiger partial charge in [-0.05, 0) is 65.2 Å². The molecule has 0 aliphatic carbocycles. The van der Waals surface area contributed by atoms with Crippen molar-refractivity contribution in [1.82, 2.24) is 68.3 Å². The highest BCUT2D eigenvalue weighted by Gasteiger charge is 2.45. The number of hydrogen-bond acceptors (Lipinski definition) is 18. The number of amides is 13. The van der Waals surface area contributed by atoms with E-state index in [1.807, 2.05) is 16.0 Å². The molecular formula is C59H94N14O21. The van der Waals surface area contributed by atoms with E-state index >= 15 is 4.79 Å². The molecule has 3 fully saturated rings. The number of nitrogens with one attached hydrogen (secondary N) is 11. The number of fused-ring (bicyclic) bond motifs is 2. The standard InChI is InChI=1S/C59H94N14O21/c1-7-8-9-10-11-12-13-14-15-21-39(74)61-27-40(75)66-36(26-45(82)83)52(86)71-49-33(6)64-53(87)38-20-18-23-73(38)57(91)46(30(2)3)69-56(90)48(32(5)60)68-42(77)29-63-50(84)34(24-43(78)79)65-41(76)28-62-51(85)35(25-44(80)81)67-55(89)47(31(4)59(93)94)70-54(88)37-19-16-17-22-72(37)58(49)92/h30-38,46-49H,7-29,60H2,1-6H3,(H,61,74)(H,62,85)(H,63,84)(H,64,87)(H,65,76)(H,66,75)(H,67,89)(H,68,77)(H,69,90)(H,70,88)(H,71,86)(H,78,79)(H,80,81)(H,82,83)(H,93,94). The van der Waals surface area contributed by atoms with Crippen LogP contribution in [0, 0.1) is 11.8 Å². The molecule has 17 N–H and O–H groups in total. The lowest BCUT2D eigenvalue weighted by Crippen LogP contribution is -2.66. The van der Waals surface area contributed by atoms with E-state index in [2.05, 4.69) is 49.5 Å². The number of unbranched alkanes of at least 4 members (excludes halogenated alkanes) is 8. The number of nitrogens with two attached hydrogens (primary N) is 1. The number of nitrogens with zero attached hydrogens (tertiary/aromatic N) is 2. The van der Waals surface area contributed by atoms with Crippen LogP contribution in [0.4, 0.5) is 0 Å². The van der Waals surface area contributed by atoms with Crippen LogP contribution in [0.25, 0.3) is 0 Å². The highest BCUT2D eigenvalue weighted by Crippen LogP contribution is 2.24. The molecule has 13 amide bonds. The second-order valence-corrected chi connectivity index (χ2v) is 24.1. The molecule has 0 aromatic carbocycles. The summed E-state index contributed by atoms with van der Waals surface area (Å²) in [5.41, 5.74) is 6.11. The van der Waals surface area contributed by atoms with Gasteiger partial charge in [0, 0.05) is 25.6 Å². The van der Waals surface area contributed by atoms with Gasteiger partial charge in [0.1, 0.15) is 54.4 Å². The molecule has 35 heteroatoms. The predicted molar refractivity (Wildman–Crippen MR) is 328 cm³/mol. The maximum Gasteiger partial charge on any atom is 0.308 e. The molecule has 3 saturated heterocycles. The number of carbonyl (C=O) groups is 17. The zero-order valence-electron chi connectivity index (χ0n) is 54.0. The number of hydrogen-bond donors (Lipinski definition) is 16. The van der Waals surface area contributed by atoms with E-state index in [0.717, 1.165) is 61.7 Å². The van der Waals surface area contributed by atoms with Crippen molar-refractivity contribution in [2.75, 3.05) is 32.7 Å². The molecule has 3 rings (SSSR count). The third-order valence-electron chi connectivity index (χ3n) is 16.1. The van der Waals surface area contributed by atoms with Crippen LogP contribution < -0.4 is 64.2 Å². The fraction of sp³-hybridized carbons (Fsp3) is 0.712. The number of carboxylic acid groups (broad SMARTS) is 4. The molecule has 0 aromatic heterocycles. The summed E-state index contributed by atoms with van der Waals surface area (Å²) >= 11 is 0. The molecule has 12 atom stereocenters. The van der Waals surface area contributed by atoms with Crippen molar-refractivity contribution in [2.45, 2.75) is 224 Å². The molecule has 94 heavy (non-hydrogen) atoms. The summed E-state index contributed by atoms with van der Waals surface area (Å²) < 4.78 is 0. The summed E-state index contributed by atoms with van der Waals surface area (Å²) in [6, 6.07) is -18.9. The summed E-state index contributed by atoms with van der Waals surface area (Å²) in [6.07, 6.45) is 5.90. The van der Waals surface area contributed by atoms with Crippen molar-refractivity contribution < 1.29 is 102 Å². The second kappa shape index (κ2) is 39.5. The first kappa shape index (κ1) is 79.2. The van der Waals surface area contributed by atoms with Crippen LogP contribution in [0.1, 0.15) is 157 Å². The van der Waals surface area contributed by atoms with Crippen LogP contribution in [-0.2, 0) is 81.5 Å². The summed E-state index contributed by atoms with van der Waals surface area (Å²) in [6.45, 7) is 5.64. The highest BCUT2D eigenvalue weighted by atomic mass is 16.4. The van der Waals surface area contributed by atoms with Gasteiger partial charge in [0.05, 0.1) is 50.9 Å². The number of aliphatic carboxylic acids is 4. The van der Waals surface area contributed by atoms with Crippen LogP contribution in [0.3, 0.4) is 0 Å². The van der Waals surface area contributed by atoms with E-state index in [1.165, 1.54) is 20.3 Å². The molecule has 0 aromatic rings. The average molecular weight is 1340 g/mol. The van der Waals surface area contributed by atoms with Crippen molar-refractivity contribution in [3.8, 4) is 0 Å². The van der Waals surface area contributed by atoms with Gasteiger partial charge in [0.2, 0.25) is 76.8 Å². The van der Waals surface area contributed by atoms with Crippen LogP contribution in [-0.4, -0.2) is 230 Å². The third-order valence-corrected chi connectivity index (χ3v) is 16.1. The largest absolute Gasteiger partial charge is 0.481 e. The number of piperidine rings is 1. The van der Waals surface area contributed by atoms with E-state index in [4.69, 9.17) is 5.73 Å². The lowest BCUT2D eigenvalue weighted by Gasteiger charge is -2.39. The minimum absolute atomic E-state index is 0.00266. The monoisotopic (exact) mass is 1330 g/mol. The minimum Gasteiger partial charge on any atom is -0.481 e. The molecule has 3 heterocycles. The highest BCUT2D eigenvalue weighted by molar-refractivity contribution is 6.01. The number of rotatable bonds is 25. The smallest absolute Gasteiger partial charge is 0.308 e. The second-order valence-electron chi connectivity index (χ2n) is 24.1. The van der Waals surface area contributed by atoms with Gasteiger partial charge in [-0.3, -0.25) is 81.5 Å². The summed E-state index contributed by atoms with van der Waals surface area (Å²) in [5.74, 6) is -23.6. The summed E-state index contributed by atoms with van der Waals surface area (Å²) in [4.78, 5) is 231. The molecule has 3 aliphatic heterocycles. The molecular weight excluding hydrogens is 1240 g/mol. The lowest BCUT2D eigenvalue weighted by molar-refractivity contribution is -0.150. The zero-order chi connectivity index (χ0) is 70.5. The van der Waals surface area contributed by atoms with E-state index in [9.17, 15) is 97.1 Å². The topological polar surface area (TPSA) is 536 Å². The molecule has 0 radical (unpaired) electrons. The molecule has 0 bridgehead atoms. The minimum atomic E-state index is -2.17. The Hall–Kier alpha value is -9.05. The number of carboxylic acids is 4. The van der Waals surface area contributed by atoms with Gasteiger partial charge < -0.3 is 94.4 Å². The Morgan fingerprint density at radius 2 is 1.05 bits per heavy atom. The maximum atomic E-state index is 15.2. The van der Waals surface area contributed by atoms with Crippen LogP contribution in [0.15, 0.2) is 0 Å². The van der Waals surface area contributed by atoms with Crippen molar-refractivity contribution >= 4 is 101 Å². The first-order valence-electron chi connectivity index (χ1n) is 31.7. The molecule has 12 unspecified atom stereocenters. The van der Waals surface area contributed by atoms with Gasteiger partial charge >= 0.3 is 23.9 Å². The van der Waals surface area contributed by atoms with Crippen LogP contribution in [0.5, 0.6) is 0 Å². The van der Waals surface area contributed by atoms with Crippen molar-refractivity contribution in [3.05, 3.63) is 0 Å². The van der Waals surface area contributed by atoms with Gasteiger partial charge in [-0.15, -0.1) is 0 Å². The Morgan fingerprint density at radius 3 is 1.60 bits per heavy atom. The van der Waals surface area contributed by atoms with Gasteiger partial charge in [0.15, 0.2) is 0 Å². The van der Waals surface area contributed by atoms with E-state index in [0.29, 0.717) is 6.42 Å². The maximum absolute atomic E-state index is 15.2. The molecule has 3 aliphatic rings. The SMILES string of the molecule is CCCCCCCCCCCC(=O)NCC(=O)NC(CC(=O)O)C(=O)NC1C(=O)N2CCCCC2C(=O)NC(C(C)C(=O)O)C(=O)NC(CC(=O)O)C(=O)NCC(=O)NC(CC(=O)O)C(=O)NCC(=O)NC(C(C)N)C(=O)NC(C(C)C)C(=O)N2CCCC2C(=O)NC1C. The summed E-state index contributed by atoms with van der Waals surface area (Å²) in [5, 5.41) is 64.4. The lowest BCUT2D eigenvalue weighted by atomic mass is 9.96. The normalized spacial score (nSPS) is 24.7. The van der Waals surface area contributed by atoms with E-state index in [1.54, 1.807) is 13.8 Å². The first-order valence-corrected chi connectivity index (χ1v) is 31.7. The van der Waals surface area contributed by atoms with Crippen LogP contribution in [0.2, 0.25) is 0 Å². The quantitative estimate of drug-likeness (QED) is 0.0385. The van der Waals surface area contributed by atoms with Crippen molar-refractivity contribution in [3.63, 3.8) is 0 Å². The van der Waals surface area contributed by atoms with E-state index < -0.39 is 218 Å². The average Bonchev–Trinajstić information content (AvgIpc) is 1.24. The van der Waals surface area contributed by atoms with Crippen molar-refractivity contribution in [2.24, 2.45) is 17.6 Å². The van der Waals surface area contributed by atoms with Crippen molar-refractivity contribution in [1.29, 1.82) is 0 Å². The first-order chi connectivity index (χ1) is 44.3. The predicted octanol–water partition coefficient (Wildman–Crippen LogP) is -4.31. The summed E-state index contributed by atoms with van der Waals surface area (Å²) in [7, 11) is 0. The Labute approximate surface area is 543 Å². The van der Waals surface area contributed by atoms with Gasteiger partial charge in [-0.2, -0.15) is 0 Å². The molecule has 0 spiro atoms. The zero-order valence-corrected chi connectivity index (χ0v) is 54.0. The molecule has 526 valence electrons. The Kier molecular flexibility index (Phi) is 33.3. The number of carbonyl (C=O) groups excluding carboxylic acids is 13. The fourth-order valence-corrected chi connectivity index (χ4v) is 10.8. The third kappa shape index (κ3) is 26.2. The fourth-order valence-electron chi connectivity index (χ4n) is 10.8. The van der Waals surface area contributed by atoms with Crippen LogP contribution >= 0.6 is 0 Å². The Morgan fingerprint density at radius 1 is 0.553 bits per heavy atom. The van der Waals surface area contributed by atoms with Gasteiger partial charge in [-0.1, -0.05) is 72.1 Å². The molecule has 0 saturated carbocycles. The van der Waals surface area contributed by atoms with Gasteiger partial charge in [-0.25, -0.2) is 0 Å². The Balaban J connectivity index is 2.14. The van der Waals surface area contributed by atoms with E-state index in [-0.39, 0.29) is 51.6 Å². The van der Waals surface area contributed by atoms with Gasteiger partial charge in [0.25, 0.3) is 0 Å². The Bertz CT molecular complexity index is 2770.